The summed E-state index contributed by atoms with van der Waals surface area (Å²) in [5.41, 5.74) is 4.16. The first-order valence-corrected chi connectivity index (χ1v) is 11.3. The summed E-state index contributed by atoms with van der Waals surface area (Å²) >= 11 is 0. The van der Waals surface area contributed by atoms with Gasteiger partial charge in [-0.2, -0.15) is 31.3 Å². The Hall–Kier alpha value is -4.10. The number of aliphatic imine (C=N–C) groups is 1. The number of amides is 4. The van der Waals surface area contributed by atoms with Crippen LogP contribution < -0.4 is 16.4 Å². The lowest BCUT2D eigenvalue weighted by molar-refractivity contribution is -0.169. The summed E-state index contributed by atoms with van der Waals surface area (Å²) in [5, 5.41) is 5.10. The summed E-state index contributed by atoms with van der Waals surface area (Å²) in [7, 11) is 0. The van der Waals surface area contributed by atoms with Crippen LogP contribution in [-0.2, 0) is 11.0 Å². The van der Waals surface area contributed by atoms with Crippen LogP contribution >= 0.6 is 0 Å². The van der Waals surface area contributed by atoms with Crippen LogP contribution in [0.5, 0.6) is 0 Å². The van der Waals surface area contributed by atoms with Gasteiger partial charge in [0.1, 0.15) is 5.84 Å². The molecule has 0 radical (unpaired) electrons. The van der Waals surface area contributed by atoms with Crippen LogP contribution in [0.25, 0.3) is 0 Å². The van der Waals surface area contributed by atoms with Crippen LogP contribution in [-0.4, -0.2) is 53.9 Å². The molecule has 1 unspecified atom stereocenters. The predicted octanol–water partition coefficient (Wildman–Crippen LogP) is 4.32. The monoisotopic (exact) mass is 543 g/mol. The molecule has 38 heavy (non-hydrogen) atoms. The molecule has 204 valence electrons. The maximum absolute atomic E-state index is 13.2. The smallest absolute Gasteiger partial charge is 0.383 e. The summed E-state index contributed by atoms with van der Waals surface area (Å²) in [6.45, 7) is 0.264. The van der Waals surface area contributed by atoms with E-state index >= 15 is 0 Å². The molecule has 0 bridgehead atoms. The van der Waals surface area contributed by atoms with Crippen LogP contribution in [0.1, 0.15) is 40.7 Å². The molecule has 1 heterocycles. The van der Waals surface area contributed by atoms with Gasteiger partial charge >= 0.3 is 24.3 Å². The van der Waals surface area contributed by atoms with Crippen molar-refractivity contribution < 1.29 is 40.7 Å². The topological polar surface area (TPSA) is 117 Å². The van der Waals surface area contributed by atoms with Crippen molar-refractivity contribution >= 4 is 29.4 Å². The molecule has 0 aromatic heterocycles. The second-order valence-corrected chi connectivity index (χ2v) is 8.40. The van der Waals surface area contributed by atoms with Crippen molar-refractivity contribution in [3.8, 4) is 0 Å². The van der Waals surface area contributed by atoms with Gasteiger partial charge in [-0.05, 0) is 55.7 Å². The summed E-state index contributed by atoms with van der Waals surface area (Å²) < 4.78 is 76.8. The van der Waals surface area contributed by atoms with Gasteiger partial charge in [-0.3, -0.25) is 9.59 Å². The molecule has 1 saturated heterocycles. The molecule has 2 aromatic carbocycles. The fourth-order valence-electron chi connectivity index (χ4n) is 3.87. The number of rotatable bonds is 5. The van der Waals surface area contributed by atoms with E-state index in [1.165, 1.54) is 41.3 Å². The molecule has 1 aliphatic rings. The first-order valence-electron chi connectivity index (χ1n) is 11.3. The van der Waals surface area contributed by atoms with Gasteiger partial charge in [0, 0.05) is 24.3 Å². The van der Waals surface area contributed by atoms with E-state index in [9.17, 15) is 40.7 Å². The Kier molecular flexibility index (Phi) is 8.63. The number of piperidine rings is 1. The third-order valence-corrected chi connectivity index (χ3v) is 5.76. The average molecular weight is 543 g/mol. The van der Waals surface area contributed by atoms with Crippen LogP contribution in [0.2, 0.25) is 0 Å². The number of hydrogen-bond donors (Lipinski definition) is 3. The van der Waals surface area contributed by atoms with Gasteiger partial charge in [0.15, 0.2) is 0 Å². The number of hydrogen-bond acceptors (Lipinski definition) is 3. The van der Waals surface area contributed by atoms with Crippen molar-refractivity contribution in [2.24, 2.45) is 10.7 Å². The van der Waals surface area contributed by atoms with Crippen LogP contribution in [0, 0.1) is 0 Å². The van der Waals surface area contributed by atoms with Gasteiger partial charge in [-0.1, -0.05) is 12.1 Å². The minimum Gasteiger partial charge on any atom is -0.383 e. The van der Waals surface area contributed by atoms with E-state index in [1.807, 2.05) is 0 Å². The van der Waals surface area contributed by atoms with Crippen molar-refractivity contribution in [3.05, 3.63) is 65.2 Å². The normalized spacial score (nSPS) is 16.6. The molecule has 0 aliphatic carbocycles. The van der Waals surface area contributed by atoms with Crippen molar-refractivity contribution in [3.63, 3.8) is 0 Å². The molecule has 4 amide bonds. The van der Waals surface area contributed by atoms with Gasteiger partial charge in [-0.25, -0.2) is 4.79 Å². The predicted molar refractivity (Wildman–Crippen MR) is 125 cm³/mol. The Morgan fingerprint density at radius 1 is 0.974 bits per heavy atom. The lowest BCUT2D eigenvalue weighted by Crippen LogP contribution is -2.51. The third-order valence-electron chi connectivity index (χ3n) is 5.76. The summed E-state index contributed by atoms with van der Waals surface area (Å²) in [6.07, 6.45) is -7.94. The van der Waals surface area contributed by atoms with E-state index in [1.54, 1.807) is 0 Å². The van der Waals surface area contributed by atoms with Crippen molar-refractivity contribution in [1.29, 1.82) is 0 Å². The number of benzene rings is 2. The first kappa shape index (κ1) is 28.5. The zero-order chi connectivity index (χ0) is 28.1. The van der Waals surface area contributed by atoms with Crippen LogP contribution in [0.3, 0.4) is 0 Å². The number of anilines is 1. The average Bonchev–Trinajstić information content (AvgIpc) is 2.86. The first-order chi connectivity index (χ1) is 17.8. The van der Waals surface area contributed by atoms with Gasteiger partial charge in [0.2, 0.25) is 0 Å². The van der Waals surface area contributed by atoms with E-state index in [4.69, 9.17) is 5.73 Å². The number of carbonyl (C=O) groups is 3. The molecule has 1 aliphatic heterocycles. The highest BCUT2D eigenvalue weighted by atomic mass is 19.4. The second kappa shape index (κ2) is 11.5. The van der Waals surface area contributed by atoms with E-state index < -0.39 is 53.2 Å². The van der Waals surface area contributed by atoms with Crippen molar-refractivity contribution in [1.82, 2.24) is 10.2 Å². The highest BCUT2D eigenvalue weighted by Gasteiger charge is 2.39. The fraction of sp³-hybridized carbons (Fsp3) is 0.333. The van der Waals surface area contributed by atoms with E-state index in [2.05, 4.69) is 15.6 Å². The molecule has 4 N–H and O–H groups in total. The Labute approximate surface area is 212 Å². The van der Waals surface area contributed by atoms with Gasteiger partial charge in [0.25, 0.3) is 5.91 Å². The standard InChI is InChI=1S/C24H23F6N5O3/c25-23(26,27)18-7-2-1-6-17(18)20(36)32-13-16-5-3-4-12-35(16)22(38)33-15-10-8-14(9-11-15)19(31)34-21(37)24(28,29)30/h1-2,6-11,16H,3-5,12-13H2,(H,32,36)(H,33,38)(H2,31,34,37). The Morgan fingerprint density at radius 2 is 1.63 bits per heavy atom. The zero-order valence-electron chi connectivity index (χ0n) is 19.7. The molecular weight excluding hydrogens is 520 g/mol. The van der Waals surface area contributed by atoms with Gasteiger partial charge < -0.3 is 21.3 Å². The van der Waals surface area contributed by atoms with Crippen LogP contribution in [0.15, 0.2) is 53.5 Å². The van der Waals surface area contributed by atoms with E-state index in [-0.39, 0.29) is 17.8 Å². The number of halogens is 6. The summed E-state index contributed by atoms with van der Waals surface area (Å²) in [6, 6.07) is 8.60. The SMILES string of the molecule is NC(=NC(=O)C(F)(F)F)c1ccc(NC(=O)N2CCCCC2CNC(=O)c2ccccc2C(F)(F)F)cc1. The van der Waals surface area contributed by atoms with Gasteiger partial charge in [0.05, 0.1) is 17.2 Å². The number of nitrogens with two attached hydrogens (primary N) is 1. The lowest BCUT2D eigenvalue weighted by atomic mass is 10.0. The van der Waals surface area contributed by atoms with E-state index in [0.29, 0.717) is 19.4 Å². The van der Waals surface area contributed by atoms with E-state index in [0.717, 1.165) is 18.6 Å². The van der Waals surface area contributed by atoms with Crippen molar-refractivity contribution in [2.75, 3.05) is 18.4 Å². The summed E-state index contributed by atoms with van der Waals surface area (Å²) in [5.74, 6) is -3.91. The molecular formula is C24H23F6N5O3. The number of alkyl halides is 6. The highest BCUT2D eigenvalue weighted by molar-refractivity contribution is 6.05. The second-order valence-electron chi connectivity index (χ2n) is 8.40. The molecule has 8 nitrogen and oxygen atoms in total. The number of urea groups is 1. The third kappa shape index (κ3) is 7.23. The van der Waals surface area contributed by atoms with Gasteiger partial charge in [-0.15, -0.1) is 0 Å². The molecule has 1 atom stereocenters. The lowest BCUT2D eigenvalue weighted by Gasteiger charge is -2.35. The molecule has 1 fully saturated rings. The highest BCUT2D eigenvalue weighted by Crippen LogP contribution is 2.31. The molecule has 14 heteroatoms. The number of nitrogens with one attached hydrogen (secondary N) is 2. The fourth-order valence-corrected chi connectivity index (χ4v) is 3.87. The molecule has 0 spiro atoms. The molecule has 2 aromatic rings. The Bertz CT molecular complexity index is 1210. The number of amidine groups is 1. The molecule has 3 rings (SSSR count). The maximum atomic E-state index is 13.2. The quantitative estimate of drug-likeness (QED) is 0.296. The minimum atomic E-state index is -5.16. The number of carbonyl (C=O) groups excluding carboxylic acids is 3. The maximum Gasteiger partial charge on any atom is 0.473 e. The van der Waals surface area contributed by atoms with Crippen molar-refractivity contribution in [2.45, 2.75) is 37.7 Å². The largest absolute Gasteiger partial charge is 0.473 e. The zero-order valence-corrected chi connectivity index (χ0v) is 19.7. The summed E-state index contributed by atoms with van der Waals surface area (Å²) in [4.78, 5) is 40.6. The molecule has 0 saturated carbocycles. The Balaban J connectivity index is 1.64. The number of nitrogens with zero attached hydrogens (tertiary/aromatic N) is 2. The minimum absolute atomic E-state index is 0.0262. The van der Waals surface area contributed by atoms with Crippen LogP contribution in [0.4, 0.5) is 36.8 Å². The Morgan fingerprint density at radius 3 is 2.26 bits per heavy atom. The number of likely N-dealkylation sites (tertiary alicyclic amines) is 1.